The second-order valence-electron chi connectivity index (χ2n) is 7.23. The molecule has 0 heterocycles. The molecule has 5 N–H and O–H groups in total. The predicted molar refractivity (Wildman–Crippen MR) is 93.1 cm³/mol. The molecule has 2 fully saturated rings. The van der Waals surface area contributed by atoms with Crippen LogP contribution in [0.2, 0.25) is 0 Å². The van der Waals surface area contributed by atoms with Crippen molar-refractivity contribution >= 4 is 12.2 Å². The summed E-state index contributed by atoms with van der Waals surface area (Å²) in [7, 11) is 0. The van der Waals surface area contributed by atoms with Gasteiger partial charge in [-0.05, 0) is 43.6 Å². The van der Waals surface area contributed by atoms with Crippen molar-refractivity contribution in [2.45, 2.75) is 50.5 Å². The quantitative estimate of drug-likeness (QED) is 0.454. The van der Waals surface area contributed by atoms with E-state index in [1.54, 1.807) is 0 Å². The van der Waals surface area contributed by atoms with Crippen LogP contribution in [-0.2, 0) is 0 Å². The van der Waals surface area contributed by atoms with Gasteiger partial charge in [-0.3, -0.25) is 0 Å². The maximum atomic E-state index is 11.3. The number of aliphatic hydroxyl groups is 1. The van der Waals surface area contributed by atoms with Gasteiger partial charge in [0.2, 0.25) is 5.96 Å². The zero-order valence-corrected chi connectivity index (χ0v) is 13.7. The third kappa shape index (κ3) is 2.85. The van der Waals surface area contributed by atoms with Gasteiger partial charge in [-0.15, -0.1) is 5.10 Å². The van der Waals surface area contributed by atoms with E-state index in [2.05, 4.69) is 41.4 Å². The molecule has 2 aliphatic carbocycles. The summed E-state index contributed by atoms with van der Waals surface area (Å²) in [6.45, 7) is 2.19. The lowest BCUT2D eigenvalue weighted by Gasteiger charge is -2.48. The number of rotatable bonds is 3. The zero-order chi connectivity index (χ0) is 16.5. The molecule has 0 aromatic heterocycles. The Kier molecular flexibility index (Phi) is 4.15. The average molecular weight is 314 g/mol. The van der Waals surface area contributed by atoms with Gasteiger partial charge in [-0.1, -0.05) is 37.3 Å². The molecule has 2 saturated carbocycles. The molecule has 0 bridgehead atoms. The van der Waals surface area contributed by atoms with Crippen molar-refractivity contribution in [3.8, 4) is 0 Å². The van der Waals surface area contributed by atoms with E-state index >= 15 is 0 Å². The van der Waals surface area contributed by atoms with Crippen LogP contribution in [0, 0.1) is 11.3 Å². The van der Waals surface area contributed by atoms with Crippen molar-refractivity contribution in [1.29, 1.82) is 0 Å². The molecule has 2 aliphatic rings. The van der Waals surface area contributed by atoms with Gasteiger partial charge in [0, 0.05) is 17.5 Å². The van der Waals surface area contributed by atoms with Gasteiger partial charge in [0.05, 0.1) is 5.60 Å². The highest BCUT2D eigenvalue weighted by atomic mass is 16.3. The number of nitrogens with zero attached hydrogens (tertiary/aromatic N) is 2. The normalized spacial score (nSPS) is 36.8. The monoisotopic (exact) mass is 314 g/mol. The largest absolute Gasteiger partial charge is 0.389 e. The van der Waals surface area contributed by atoms with Gasteiger partial charge < -0.3 is 16.6 Å². The smallest absolute Gasteiger partial charge is 0.211 e. The first kappa shape index (κ1) is 16.0. The number of fused-ring (bicyclic) bond motifs is 1. The van der Waals surface area contributed by atoms with E-state index in [0.717, 1.165) is 32.1 Å². The van der Waals surface area contributed by atoms with E-state index in [4.69, 9.17) is 11.5 Å². The first-order valence-electron chi connectivity index (χ1n) is 8.34. The van der Waals surface area contributed by atoms with Gasteiger partial charge in [0.1, 0.15) is 0 Å². The first-order valence-corrected chi connectivity index (χ1v) is 8.34. The second kappa shape index (κ2) is 5.96. The van der Waals surface area contributed by atoms with E-state index in [-0.39, 0.29) is 17.3 Å². The maximum Gasteiger partial charge on any atom is 0.211 e. The Labute approximate surface area is 137 Å². The van der Waals surface area contributed by atoms with Crippen LogP contribution in [0.4, 0.5) is 0 Å². The lowest BCUT2D eigenvalue weighted by Crippen LogP contribution is -2.49. The minimum Gasteiger partial charge on any atom is -0.389 e. The fourth-order valence-corrected chi connectivity index (χ4v) is 4.51. The molecule has 124 valence electrons. The molecule has 5 nitrogen and oxygen atoms in total. The summed E-state index contributed by atoms with van der Waals surface area (Å²) in [4.78, 5) is 0. The summed E-state index contributed by atoms with van der Waals surface area (Å²) in [5, 5.41) is 19.0. The van der Waals surface area contributed by atoms with Gasteiger partial charge in [0.25, 0.3) is 0 Å². The summed E-state index contributed by atoms with van der Waals surface area (Å²) >= 11 is 0. The second-order valence-corrected chi connectivity index (χ2v) is 7.23. The first-order chi connectivity index (χ1) is 10.9. The Morgan fingerprint density at radius 2 is 1.96 bits per heavy atom. The molecule has 4 atom stereocenters. The molecule has 0 unspecified atom stereocenters. The summed E-state index contributed by atoms with van der Waals surface area (Å²) < 4.78 is 0. The summed E-state index contributed by atoms with van der Waals surface area (Å²) in [5.41, 5.74) is 11.2. The Morgan fingerprint density at radius 1 is 1.22 bits per heavy atom. The summed E-state index contributed by atoms with van der Waals surface area (Å²) in [5.74, 6) is 0.613. The Morgan fingerprint density at radius 3 is 2.65 bits per heavy atom. The van der Waals surface area contributed by atoms with Crippen LogP contribution in [0.5, 0.6) is 0 Å². The van der Waals surface area contributed by atoms with Crippen LogP contribution in [0.3, 0.4) is 0 Å². The third-order valence-electron chi connectivity index (χ3n) is 6.04. The maximum absolute atomic E-state index is 11.3. The van der Waals surface area contributed by atoms with Crippen LogP contribution in [0.1, 0.15) is 50.5 Å². The van der Waals surface area contributed by atoms with Crippen LogP contribution in [0.15, 0.2) is 40.5 Å². The van der Waals surface area contributed by atoms with Crippen molar-refractivity contribution in [2.75, 3.05) is 0 Å². The minimum atomic E-state index is -0.638. The predicted octanol–water partition coefficient (Wildman–Crippen LogP) is 2.36. The number of hydrogen-bond donors (Lipinski definition) is 3. The van der Waals surface area contributed by atoms with Crippen LogP contribution in [0.25, 0.3) is 0 Å². The Balaban J connectivity index is 1.79. The molecular weight excluding hydrogens is 288 g/mol. The average Bonchev–Trinajstić information content (AvgIpc) is 2.79. The number of nitrogens with two attached hydrogens (primary N) is 2. The Bertz CT molecular complexity index is 611. The summed E-state index contributed by atoms with van der Waals surface area (Å²) in [6, 6.07) is 10.5. The lowest BCUT2D eigenvalue weighted by atomic mass is 9.59. The molecule has 0 radical (unpaired) electrons. The van der Waals surface area contributed by atoms with Gasteiger partial charge >= 0.3 is 0 Å². The molecule has 0 saturated heterocycles. The lowest BCUT2D eigenvalue weighted by molar-refractivity contribution is -0.0956. The van der Waals surface area contributed by atoms with E-state index in [0.29, 0.717) is 5.92 Å². The van der Waals surface area contributed by atoms with Crippen LogP contribution < -0.4 is 11.5 Å². The molecule has 0 aliphatic heterocycles. The molecule has 23 heavy (non-hydrogen) atoms. The van der Waals surface area contributed by atoms with Crippen molar-refractivity contribution < 1.29 is 5.11 Å². The van der Waals surface area contributed by atoms with Crippen LogP contribution in [-0.4, -0.2) is 22.9 Å². The van der Waals surface area contributed by atoms with E-state index in [1.807, 2.05) is 12.3 Å². The molecule has 1 aromatic rings. The fraction of sp³-hybridized carbons (Fsp3) is 0.556. The van der Waals surface area contributed by atoms with Gasteiger partial charge in [0.15, 0.2) is 0 Å². The van der Waals surface area contributed by atoms with Crippen molar-refractivity contribution in [3.05, 3.63) is 35.9 Å². The van der Waals surface area contributed by atoms with Gasteiger partial charge in [-0.25, -0.2) is 0 Å². The summed E-state index contributed by atoms with van der Waals surface area (Å²) in [6.07, 6.45) is 6.46. The zero-order valence-electron chi connectivity index (χ0n) is 13.7. The van der Waals surface area contributed by atoms with Crippen molar-refractivity contribution in [1.82, 2.24) is 0 Å². The highest BCUT2D eigenvalue weighted by Gasteiger charge is 2.58. The van der Waals surface area contributed by atoms with E-state index < -0.39 is 5.60 Å². The molecular formula is C18H26N4O. The van der Waals surface area contributed by atoms with Crippen molar-refractivity contribution in [3.63, 3.8) is 0 Å². The van der Waals surface area contributed by atoms with E-state index in [1.165, 1.54) is 5.56 Å². The van der Waals surface area contributed by atoms with Crippen molar-refractivity contribution in [2.24, 2.45) is 33.0 Å². The molecule has 0 spiro atoms. The van der Waals surface area contributed by atoms with Gasteiger partial charge in [-0.2, -0.15) is 5.10 Å². The highest BCUT2D eigenvalue weighted by molar-refractivity contribution is 5.76. The standard InChI is InChI=1S/C18H26N4O/c1-17-9-7-14(13-5-3-2-4-6-13)11-18(17,23)10-8-15(17)12-21-22-16(19)20/h2-6,12,14-15,23H,7-11H2,1H3,(H4,19,20,22)/b21-12-/t14-,15+,17+,18-/m0/s1. The Hall–Kier alpha value is -1.88. The minimum absolute atomic E-state index is 0.0348. The number of guanidine groups is 1. The highest BCUT2D eigenvalue weighted by Crippen LogP contribution is 2.60. The number of benzene rings is 1. The molecule has 0 amide bonds. The molecule has 3 rings (SSSR count). The van der Waals surface area contributed by atoms with E-state index in [9.17, 15) is 5.11 Å². The fourth-order valence-electron chi connectivity index (χ4n) is 4.51. The van der Waals surface area contributed by atoms with Crippen LogP contribution >= 0.6 is 0 Å². The topological polar surface area (TPSA) is 97.0 Å². The SMILES string of the molecule is C[C@]12CC[C@H](c3ccccc3)C[C@@]1(O)CC[C@@H]2/C=N\N=C(N)N. The number of hydrogen-bond acceptors (Lipinski definition) is 3. The third-order valence-corrected chi connectivity index (χ3v) is 6.04. The molecule has 5 heteroatoms. The molecule has 1 aromatic carbocycles.